The Morgan fingerprint density at radius 2 is 0.857 bits per heavy atom. The summed E-state index contributed by atoms with van der Waals surface area (Å²) in [7, 11) is 0. The van der Waals surface area contributed by atoms with Gasteiger partial charge in [-0.25, -0.2) is 0 Å². The largest absolute Gasteiger partial charge is 0.464 e. The molecule has 0 aromatic heterocycles. The minimum atomic E-state index is -0.796. The second kappa shape index (κ2) is 23.5. The molecule has 0 atom stereocenters. The number of rotatable bonds is 17. The van der Waals surface area contributed by atoms with E-state index in [1.54, 1.807) is 0 Å². The number of esters is 5. The van der Waals surface area contributed by atoms with Crippen LogP contribution in [0.1, 0.15) is 26.2 Å². The van der Waals surface area contributed by atoms with Crippen molar-refractivity contribution in [1.82, 2.24) is 0 Å². The summed E-state index contributed by atoms with van der Waals surface area (Å²) < 4.78 is 24.6. The number of thiol groups is 5. The summed E-state index contributed by atoms with van der Waals surface area (Å²) in [5, 5.41) is 0. The number of carbonyl (C=O) groups excluding carboxylic acids is 5. The van der Waals surface area contributed by atoms with Crippen molar-refractivity contribution in [2.45, 2.75) is 26.2 Å². The molecule has 0 bridgehead atoms. The predicted molar refractivity (Wildman–Crippen MR) is 146 cm³/mol. The fourth-order valence-corrected chi connectivity index (χ4v) is 2.55. The molecule has 0 aliphatic heterocycles. The first-order valence-electron chi connectivity index (χ1n) is 10.5. The van der Waals surface area contributed by atoms with Crippen LogP contribution < -0.4 is 0 Å². The van der Waals surface area contributed by atoms with Crippen molar-refractivity contribution < 1.29 is 47.7 Å². The molecule has 0 rings (SSSR count). The molecule has 0 spiro atoms. The van der Waals surface area contributed by atoms with Gasteiger partial charge in [-0.3, -0.25) is 24.0 Å². The minimum Gasteiger partial charge on any atom is -0.464 e. The lowest BCUT2D eigenvalue weighted by atomic mass is 9.88. The van der Waals surface area contributed by atoms with Gasteiger partial charge in [-0.15, -0.1) is 0 Å². The maximum absolute atomic E-state index is 11.2. The van der Waals surface area contributed by atoms with E-state index in [9.17, 15) is 24.0 Å². The Labute approximate surface area is 233 Å². The molecule has 15 heteroatoms. The molecule has 0 aromatic carbocycles. The Morgan fingerprint density at radius 3 is 1.09 bits per heavy atom. The Bertz CT molecular complexity index is 577. The van der Waals surface area contributed by atoms with E-state index in [-0.39, 0.29) is 75.1 Å². The third kappa shape index (κ3) is 20.9. The number of hydrogen-bond donors (Lipinski definition) is 5. The Hall–Kier alpha value is -0.900. The van der Waals surface area contributed by atoms with E-state index in [2.05, 4.69) is 63.1 Å². The summed E-state index contributed by atoms with van der Waals surface area (Å²) in [5.41, 5.74) is -0.796. The molecule has 0 unspecified atom stereocenters. The highest BCUT2D eigenvalue weighted by atomic mass is 32.1. The van der Waals surface area contributed by atoms with Gasteiger partial charge in [-0.05, 0) is 6.42 Å². The van der Waals surface area contributed by atoms with Crippen LogP contribution >= 0.6 is 63.1 Å². The van der Waals surface area contributed by atoms with Crippen LogP contribution in [0, 0.1) is 5.41 Å². The van der Waals surface area contributed by atoms with Crippen molar-refractivity contribution in [3.63, 3.8) is 0 Å². The minimum absolute atomic E-state index is 0.0391. The second-order valence-electron chi connectivity index (χ2n) is 6.70. The van der Waals surface area contributed by atoms with Gasteiger partial charge in [-0.2, -0.15) is 63.1 Å². The van der Waals surface area contributed by atoms with Crippen LogP contribution in [0.4, 0.5) is 0 Å². The van der Waals surface area contributed by atoms with E-state index in [0.29, 0.717) is 17.9 Å². The van der Waals surface area contributed by atoms with E-state index >= 15 is 0 Å². The normalized spacial score (nSPS) is 10.3. The average Bonchev–Trinajstić information content (AvgIpc) is 2.86. The first-order chi connectivity index (χ1) is 16.6. The molecule has 0 aromatic rings. The standard InChI is InChI=1S/C12H20O6S3.C8H14O4S2/c1-2-12(6-16-9(13)3-19,7-17-10(14)4-20)8-18-11(15)5-21;9-7(1-5-13)11-3-4-12-8(10)2-6-14/h19-21H,2-8H2,1H3;13-14H,1-6H2. The molecule has 204 valence electrons. The average molecular weight is 595 g/mol. The Morgan fingerprint density at radius 1 is 0.543 bits per heavy atom. The van der Waals surface area contributed by atoms with Gasteiger partial charge in [0.1, 0.15) is 33.0 Å². The molecule has 0 aliphatic rings. The molecular formula is C20H34O10S5. The van der Waals surface area contributed by atoms with Crippen molar-refractivity contribution in [2.24, 2.45) is 5.41 Å². The molecule has 0 amide bonds. The smallest absolute Gasteiger partial charge is 0.315 e. The first-order valence-corrected chi connectivity index (χ1v) is 13.6. The molecule has 0 heterocycles. The number of hydrogen-bond acceptors (Lipinski definition) is 15. The van der Waals surface area contributed by atoms with E-state index in [4.69, 9.17) is 23.7 Å². The summed E-state index contributed by atoms with van der Waals surface area (Å²) in [6.45, 7) is 1.90. The highest BCUT2D eigenvalue weighted by Gasteiger charge is 2.34. The van der Waals surface area contributed by atoms with Crippen LogP contribution in [0.5, 0.6) is 0 Å². The second-order valence-corrected chi connectivity index (χ2v) is 8.54. The zero-order valence-corrected chi connectivity index (χ0v) is 24.0. The van der Waals surface area contributed by atoms with E-state index in [1.165, 1.54) is 0 Å². The van der Waals surface area contributed by atoms with Crippen molar-refractivity contribution in [1.29, 1.82) is 0 Å². The van der Waals surface area contributed by atoms with Crippen molar-refractivity contribution in [3.8, 4) is 0 Å². The summed E-state index contributed by atoms with van der Waals surface area (Å²) in [6.07, 6.45) is 1.02. The molecule has 10 nitrogen and oxygen atoms in total. The molecule has 0 saturated heterocycles. The summed E-state index contributed by atoms with van der Waals surface area (Å²) in [6, 6.07) is 0. The molecule has 35 heavy (non-hydrogen) atoms. The van der Waals surface area contributed by atoms with Crippen LogP contribution in [0.3, 0.4) is 0 Å². The lowest BCUT2D eigenvalue weighted by Gasteiger charge is -2.30. The Balaban J connectivity index is 0. The summed E-state index contributed by atoms with van der Waals surface area (Å²) in [4.78, 5) is 55.3. The monoisotopic (exact) mass is 594 g/mol. The van der Waals surface area contributed by atoms with E-state index < -0.39 is 23.3 Å². The SMILES string of the molecule is CCC(COC(=O)CS)(COC(=O)CS)COC(=O)CS.O=C(CCS)OCCOC(=O)CCS. The third-order valence-corrected chi connectivity index (χ3v) is 5.22. The van der Waals surface area contributed by atoms with Crippen LogP contribution in [0.25, 0.3) is 0 Å². The van der Waals surface area contributed by atoms with E-state index in [0.717, 1.165) is 0 Å². The van der Waals surface area contributed by atoms with Gasteiger partial charge in [0, 0.05) is 11.5 Å². The fraction of sp³-hybridized carbons (Fsp3) is 0.750. The van der Waals surface area contributed by atoms with Gasteiger partial charge in [-0.1, -0.05) is 6.92 Å². The van der Waals surface area contributed by atoms with Crippen molar-refractivity contribution >= 4 is 93.0 Å². The van der Waals surface area contributed by atoms with Crippen molar-refractivity contribution in [3.05, 3.63) is 0 Å². The fourth-order valence-electron chi connectivity index (χ4n) is 1.91. The van der Waals surface area contributed by atoms with Gasteiger partial charge in [0.25, 0.3) is 0 Å². The van der Waals surface area contributed by atoms with Gasteiger partial charge >= 0.3 is 29.8 Å². The summed E-state index contributed by atoms with van der Waals surface area (Å²) in [5.74, 6) is -1.44. The molecule has 0 saturated carbocycles. The third-order valence-electron chi connectivity index (χ3n) is 4.00. The number of ether oxygens (including phenoxy) is 5. The van der Waals surface area contributed by atoms with Crippen LogP contribution in [-0.2, 0) is 47.7 Å². The molecule has 0 fully saturated rings. The zero-order valence-electron chi connectivity index (χ0n) is 19.5. The highest BCUT2D eigenvalue weighted by molar-refractivity contribution is 7.81. The maximum Gasteiger partial charge on any atom is 0.315 e. The quantitative estimate of drug-likeness (QED) is 0.0731. The molecule has 0 aliphatic carbocycles. The van der Waals surface area contributed by atoms with Gasteiger partial charge < -0.3 is 23.7 Å². The topological polar surface area (TPSA) is 132 Å². The zero-order chi connectivity index (χ0) is 27.1. The highest BCUT2D eigenvalue weighted by Crippen LogP contribution is 2.24. The van der Waals surface area contributed by atoms with Crippen molar-refractivity contribution in [2.75, 3.05) is 61.8 Å². The molecule has 0 radical (unpaired) electrons. The molecular weight excluding hydrogens is 561 g/mol. The first kappa shape index (κ1) is 36.3. The summed E-state index contributed by atoms with van der Waals surface area (Å²) >= 11 is 19.2. The van der Waals surface area contributed by atoms with Gasteiger partial charge in [0.2, 0.25) is 0 Å². The predicted octanol–water partition coefficient (Wildman–Crippen LogP) is 1.51. The van der Waals surface area contributed by atoms with Crippen LogP contribution in [0.2, 0.25) is 0 Å². The molecule has 0 N–H and O–H groups in total. The lowest BCUT2D eigenvalue weighted by Crippen LogP contribution is -2.39. The van der Waals surface area contributed by atoms with Crippen LogP contribution in [-0.4, -0.2) is 91.6 Å². The van der Waals surface area contributed by atoms with E-state index in [1.807, 2.05) is 6.92 Å². The lowest BCUT2D eigenvalue weighted by molar-refractivity contribution is -0.159. The Kier molecular flexibility index (Phi) is 24.3. The number of carbonyl (C=O) groups is 5. The maximum atomic E-state index is 11.2. The van der Waals surface area contributed by atoms with Crippen LogP contribution in [0.15, 0.2) is 0 Å². The van der Waals surface area contributed by atoms with Gasteiger partial charge in [0.15, 0.2) is 0 Å². The van der Waals surface area contributed by atoms with Gasteiger partial charge in [0.05, 0.1) is 35.5 Å².